The summed E-state index contributed by atoms with van der Waals surface area (Å²) in [5.74, 6) is -1.84. The second kappa shape index (κ2) is 13.6. The van der Waals surface area contributed by atoms with Crippen LogP contribution in [0, 0.1) is 5.41 Å². The van der Waals surface area contributed by atoms with E-state index in [1.54, 1.807) is 61.5 Å². The molecule has 2 aromatic carbocycles. The molecular weight excluding hydrogens is 490 g/mol. The number of ether oxygens (including phenoxy) is 1. The SMILES string of the molecule is C=CCN(CC(=O)O)C(=O)/C(C)=C/c1ccc(C(=O)Oc2ccc(C(=N)N)cc2)cc1.CS(=O)(=O)O. The van der Waals surface area contributed by atoms with Crippen LogP contribution in [-0.2, 0) is 19.7 Å². The van der Waals surface area contributed by atoms with E-state index in [1.165, 1.54) is 11.0 Å². The number of carboxylic acids is 1. The molecule has 0 aliphatic heterocycles. The Morgan fingerprint density at radius 1 is 1.08 bits per heavy atom. The molecule has 0 saturated heterocycles. The highest BCUT2D eigenvalue weighted by atomic mass is 32.2. The zero-order valence-electron chi connectivity index (χ0n) is 19.7. The van der Waals surface area contributed by atoms with Gasteiger partial charge in [0.2, 0.25) is 5.91 Å². The molecule has 11 nitrogen and oxygen atoms in total. The van der Waals surface area contributed by atoms with Crippen LogP contribution in [0.4, 0.5) is 0 Å². The number of amidine groups is 1. The number of benzene rings is 2. The van der Waals surface area contributed by atoms with Gasteiger partial charge in [0, 0.05) is 17.7 Å². The van der Waals surface area contributed by atoms with Crippen LogP contribution in [0.5, 0.6) is 5.75 Å². The molecule has 0 bridgehead atoms. The lowest BCUT2D eigenvalue weighted by Gasteiger charge is -2.19. The lowest BCUT2D eigenvalue weighted by atomic mass is 10.1. The van der Waals surface area contributed by atoms with Gasteiger partial charge < -0.3 is 20.5 Å². The van der Waals surface area contributed by atoms with E-state index in [4.69, 9.17) is 25.5 Å². The number of rotatable bonds is 9. The summed E-state index contributed by atoms with van der Waals surface area (Å²) in [6, 6.07) is 12.7. The standard InChI is InChI=1S/C23H23N3O5.CH4O3S/c1-3-12-26(14-20(27)28)22(29)15(2)13-16-4-6-18(7-5-16)23(30)31-19-10-8-17(9-11-19)21(24)25;1-5(2,3)4/h3-11,13H,1,12,14H2,2H3,(H3,24,25)(H,27,28);1H3,(H,2,3,4)/b15-13+;. The summed E-state index contributed by atoms with van der Waals surface area (Å²) in [4.78, 5) is 36.9. The summed E-state index contributed by atoms with van der Waals surface area (Å²) < 4.78 is 31.2. The molecule has 12 heteroatoms. The third-order valence-electron chi connectivity index (χ3n) is 4.21. The topological polar surface area (TPSA) is 188 Å². The molecule has 0 fully saturated rings. The first-order valence-electron chi connectivity index (χ1n) is 10.2. The first kappa shape index (κ1) is 29.7. The Balaban J connectivity index is 0.00000118. The Hall–Kier alpha value is -4.29. The fraction of sp³-hybridized carbons (Fsp3) is 0.167. The number of carboxylic acid groups (broad SMARTS) is 1. The molecular formula is C24H27N3O8S. The Kier molecular flexibility index (Phi) is 11.2. The monoisotopic (exact) mass is 517 g/mol. The van der Waals surface area contributed by atoms with Crippen LogP contribution in [0.15, 0.2) is 66.8 Å². The van der Waals surface area contributed by atoms with Crippen molar-refractivity contribution in [3.63, 3.8) is 0 Å². The number of esters is 1. The molecule has 0 radical (unpaired) electrons. The Morgan fingerprint density at radius 3 is 2.03 bits per heavy atom. The molecule has 0 unspecified atom stereocenters. The van der Waals surface area contributed by atoms with E-state index in [9.17, 15) is 22.8 Å². The van der Waals surface area contributed by atoms with Crippen LogP contribution in [0.1, 0.15) is 28.4 Å². The average molecular weight is 518 g/mol. The van der Waals surface area contributed by atoms with Crippen LogP contribution in [0.3, 0.4) is 0 Å². The number of hydrogen-bond acceptors (Lipinski definition) is 7. The number of carbonyl (C=O) groups is 3. The number of hydrogen-bond donors (Lipinski definition) is 4. The van der Waals surface area contributed by atoms with Crippen molar-refractivity contribution < 1.29 is 37.2 Å². The van der Waals surface area contributed by atoms with E-state index in [0.29, 0.717) is 34.3 Å². The van der Waals surface area contributed by atoms with Crippen molar-refractivity contribution >= 4 is 39.9 Å². The zero-order valence-corrected chi connectivity index (χ0v) is 20.5. The Bertz CT molecular complexity index is 1240. The van der Waals surface area contributed by atoms with Crippen molar-refractivity contribution in [3.8, 4) is 5.75 Å². The van der Waals surface area contributed by atoms with Crippen LogP contribution < -0.4 is 10.5 Å². The highest BCUT2D eigenvalue weighted by molar-refractivity contribution is 7.85. The quantitative estimate of drug-likeness (QED) is 0.0735. The Morgan fingerprint density at radius 2 is 1.58 bits per heavy atom. The fourth-order valence-corrected chi connectivity index (χ4v) is 2.68. The molecule has 0 spiro atoms. The maximum absolute atomic E-state index is 12.5. The van der Waals surface area contributed by atoms with Crippen LogP contribution in [0.2, 0.25) is 0 Å². The van der Waals surface area contributed by atoms with Crippen molar-refractivity contribution in [2.45, 2.75) is 6.92 Å². The summed E-state index contributed by atoms with van der Waals surface area (Å²) in [6.45, 7) is 4.82. The number of amides is 1. The van der Waals surface area contributed by atoms with Crippen molar-refractivity contribution in [1.29, 1.82) is 5.41 Å². The lowest BCUT2D eigenvalue weighted by Crippen LogP contribution is -2.36. The van der Waals surface area contributed by atoms with E-state index in [-0.39, 0.29) is 12.4 Å². The number of aliphatic carboxylic acids is 1. The second-order valence-corrected chi connectivity index (χ2v) is 8.84. The number of nitrogen functional groups attached to an aromatic ring is 1. The van der Waals surface area contributed by atoms with Gasteiger partial charge in [0.15, 0.2) is 0 Å². The molecule has 2 aromatic rings. The van der Waals surface area contributed by atoms with Gasteiger partial charge in [-0.1, -0.05) is 18.2 Å². The van der Waals surface area contributed by atoms with E-state index in [0.717, 1.165) is 0 Å². The lowest BCUT2D eigenvalue weighted by molar-refractivity contribution is -0.142. The van der Waals surface area contributed by atoms with E-state index in [1.807, 2.05) is 0 Å². The van der Waals surface area contributed by atoms with Crippen molar-refractivity contribution in [2.75, 3.05) is 19.3 Å². The molecule has 36 heavy (non-hydrogen) atoms. The third-order valence-corrected chi connectivity index (χ3v) is 4.21. The molecule has 0 atom stereocenters. The predicted octanol–water partition coefficient (Wildman–Crippen LogP) is 2.20. The largest absolute Gasteiger partial charge is 0.480 e. The van der Waals surface area contributed by atoms with E-state index >= 15 is 0 Å². The minimum Gasteiger partial charge on any atom is -0.480 e. The van der Waals surface area contributed by atoms with Crippen LogP contribution in [-0.4, -0.2) is 66.0 Å². The van der Waals surface area contributed by atoms with Gasteiger partial charge in [0.05, 0.1) is 11.8 Å². The van der Waals surface area contributed by atoms with Gasteiger partial charge in [0.1, 0.15) is 18.1 Å². The first-order valence-corrected chi connectivity index (χ1v) is 12.1. The Labute approximate surface area is 208 Å². The molecule has 0 aliphatic rings. The molecule has 0 saturated carbocycles. The minimum absolute atomic E-state index is 0.0779. The summed E-state index contributed by atoms with van der Waals surface area (Å²) in [5, 5.41) is 16.3. The van der Waals surface area contributed by atoms with Crippen LogP contribution in [0.25, 0.3) is 6.08 Å². The van der Waals surface area contributed by atoms with Gasteiger partial charge in [-0.05, 0) is 55.0 Å². The molecule has 5 N–H and O–H groups in total. The predicted molar refractivity (Wildman–Crippen MR) is 134 cm³/mol. The maximum atomic E-state index is 12.5. The minimum atomic E-state index is -3.67. The molecule has 0 aliphatic carbocycles. The average Bonchev–Trinajstić information content (AvgIpc) is 2.77. The van der Waals surface area contributed by atoms with Gasteiger partial charge in [0.25, 0.3) is 10.1 Å². The molecule has 0 aromatic heterocycles. The van der Waals surface area contributed by atoms with E-state index < -0.39 is 34.5 Å². The van der Waals surface area contributed by atoms with Gasteiger partial charge in [-0.2, -0.15) is 8.42 Å². The number of nitrogens with two attached hydrogens (primary N) is 1. The highest BCUT2D eigenvalue weighted by Gasteiger charge is 2.17. The normalized spacial score (nSPS) is 10.9. The zero-order chi connectivity index (χ0) is 27.5. The summed E-state index contributed by atoms with van der Waals surface area (Å²) in [5.41, 5.74) is 7.25. The number of nitrogens with zero attached hydrogens (tertiary/aromatic N) is 1. The van der Waals surface area contributed by atoms with Gasteiger partial charge in [-0.15, -0.1) is 6.58 Å². The number of carbonyl (C=O) groups excluding carboxylic acids is 2. The van der Waals surface area contributed by atoms with E-state index in [2.05, 4.69) is 6.58 Å². The maximum Gasteiger partial charge on any atom is 0.343 e. The summed E-state index contributed by atoms with van der Waals surface area (Å²) >= 11 is 0. The smallest absolute Gasteiger partial charge is 0.343 e. The van der Waals surface area contributed by atoms with Crippen LogP contribution >= 0.6 is 0 Å². The van der Waals surface area contributed by atoms with Crippen molar-refractivity contribution in [3.05, 3.63) is 83.4 Å². The summed E-state index contributed by atoms with van der Waals surface area (Å²) in [6.07, 6.45) is 3.78. The molecule has 2 rings (SSSR count). The van der Waals surface area contributed by atoms with Gasteiger partial charge >= 0.3 is 11.9 Å². The third kappa shape index (κ3) is 11.2. The van der Waals surface area contributed by atoms with Crippen molar-refractivity contribution in [2.24, 2.45) is 5.73 Å². The van der Waals surface area contributed by atoms with Gasteiger partial charge in [-0.3, -0.25) is 19.6 Å². The van der Waals surface area contributed by atoms with Crippen molar-refractivity contribution in [1.82, 2.24) is 4.90 Å². The fourth-order valence-electron chi connectivity index (χ4n) is 2.68. The van der Waals surface area contributed by atoms with Gasteiger partial charge in [-0.25, -0.2) is 4.79 Å². The number of nitrogens with one attached hydrogen (secondary N) is 1. The molecule has 1 amide bonds. The molecule has 0 heterocycles. The second-order valence-electron chi connectivity index (χ2n) is 7.38. The highest BCUT2D eigenvalue weighted by Crippen LogP contribution is 2.16. The first-order chi connectivity index (χ1) is 16.7. The summed E-state index contributed by atoms with van der Waals surface area (Å²) in [7, 11) is -3.67. The molecule has 192 valence electrons.